The standard InChI is InChI=1S/C13H21NO2S/c1-10(14)11-5-7-12(8-6-11)17(15,16)9-13(2,3)4/h5-8,10H,9,14H2,1-4H3/t10-/m1/s1. The van der Waals surface area contributed by atoms with E-state index in [0.29, 0.717) is 4.90 Å². The fourth-order valence-corrected chi connectivity index (χ4v) is 3.49. The molecule has 0 aliphatic rings. The average molecular weight is 255 g/mol. The minimum atomic E-state index is -3.20. The van der Waals surface area contributed by atoms with E-state index in [1.54, 1.807) is 24.3 Å². The molecule has 0 spiro atoms. The summed E-state index contributed by atoms with van der Waals surface area (Å²) in [5, 5.41) is 0. The molecule has 0 fully saturated rings. The van der Waals surface area contributed by atoms with Crippen LogP contribution >= 0.6 is 0 Å². The van der Waals surface area contributed by atoms with Gasteiger partial charge in [0.05, 0.1) is 10.6 Å². The van der Waals surface area contributed by atoms with Crippen molar-refractivity contribution in [1.82, 2.24) is 0 Å². The molecule has 96 valence electrons. The monoisotopic (exact) mass is 255 g/mol. The van der Waals surface area contributed by atoms with Gasteiger partial charge in [-0.1, -0.05) is 32.9 Å². The van der Waals surface area contributed by atoms with Crippen LogP contribution < -0.4 is 5.73 Å². The minimum Gasteiger partial charge on any atom is -0.324 e. The summed E-state index contributed by atoms with van der Waals surface area (Å²) in [6.07, 6.45) is 0. The van der Waals surface area contributed by atoms with E-state index < -0.39 is 9.84 Å². The van der Waals surface area contributed by atoms with Crippen molar-refractivity contribution < 1.29 is 8.42 Å². The van der Waals surface area contributed by atoms with Gasteiger partial charge in [0, 0.05) is 6.04 Å². The molecule has 0 unspecified atom stereocenters. The van der Waals surface area contributed by atoms with E-state index in [4.69, 9.17) is 5.73 Å². The summed E-state index contributed by atoms with van der Waals surface area (Å²) < 4.78 is 24.2. The largest absolute Gasteiger partial charge is 0.324 e. The van der Waals surface area contributed by atoms with Crippen LogP contribution in [0.15, 0.2) is 29.2 Å². The van der Waals surface area contributed by atoms with Gasteiger partial charge < -0.3 is 5.73 Å². The second kappa shape index (κ2) is 4.78. The normalized spacial score (nSPS) is 14.6. The molecule has 0 heterocycles. The molecule has 1 aromatic rings. The van der Waals surface area contributed by atoms with Crippen molar-refractivity contribution in [2.24, 2.45) is 11.1 Å². The topological polar surface area (TPSA) is 60.2 Å². The highest BCUT2D eigenvalue weighted by Crippen LogP contribution is 2.22. The Labute approximate surface area is 104 Å². The molecule has 0 saturated carbocycles. The maximum Gasteiger partial charge on any atom is 0.178 e. The van der Waals surface area contributed by atoms with Crippen LogP contribution in [-0.4, -0.2) is 14.2 Å². The molecule has 3 nitrogen and oxygen atoms in total. The van der Waals surface area contributed by atoms with Gasteiger partial charge >= 0.3 is 0 Å². The molecule has 1 atom stereocenters. The summed E-state index contributed by atoms with van der Waals surface area (Å²) in [5.74, 6) is 0.150. The van der Waals surface area contributed by atoms with Crippen molar-refractivity contribution in [2.75, 3.05) is 5.75 Å². The van der Waals surface area contributed by atoms with E-state index >= 15 is 0 Å². The highest BCUT2D eigenvalue weighted by Gasteiger charge is 2.23. The molecular weight excluding hydrogens is 234 g/mol. The zero-order valence-electron chi connectivity index (χ0n) is 10.9. The summed E-state index contributed by atoms with van der Waals surface area (Å²) in [6.45, 7) is 7.63. The van der Waals surface area contributed by atoms with Crippen molar-refractivity contribution in [3.63, 3.8) is 0 Å². The van der Waals surface area contributed by atoms with Gasteiger partial charge in [0.25, 0.3) is 0 Å². The number of benzene rings is 1. The van der Waals surface area contributed by atoms with Crippen LogP contribution in [0.5, 0.6) is 0 Å². The molecule has 0 aliphatic carbocycles. The third-order valence-electron chi connectivity index (χ3n) is 2.39. The van der Waals surface area contributed by atoms with Gasteiger partial charge in [0.15, 0.2) is 9.84 Å². The van der Waals surface area contributed by atoms with E-state index in [2.05, 4.69) is 0 Å². The van der Waals surface area contributed by atoms with E-state index in [1.165, 1.54) is 0 Å². The van der Waals surface area contributed by atoms with E-state index in [9.17, 15) is 8.42 Å². The summed E-state index contributed by atoms with van der Waals surface area (Å²) in [4.78, 5) is 0.372. The first kappa shape index (κ1) is 14.2. The Bertz CT molecular complexity index is 467. The average Bonchev–Trinajstić information content (AvgIpc) is 2.14. The first-order valence-corrected chi connectivity index (χ1v) is 7.35. The highest BCUT2D eigenvalue weighted by atomic mass is 32.2. The maximum absolute atomic E-state index is 12.1. The number of sulfone groups is 1. The summed E-state index contributed by atoms with van der Waals surface area (Å²) >= 11 is 0. The molecule has 17 heavy (non-hydrogen) atoms. The van der Waals surface area contributed by atoms with Crippen LogP contribution in [0.4, 0.5) is 0 Å². The molecule has 1 aromatic carbocycles. The maximum atomic E-state index is 12.1. The number of hydrogen-bond donors (Lipinski definition) is 1. The lowest BCUT2D eigenvalue weighted by Crippen LogP contribution is -2.20. The Morgan fingerprint density at radius 2 is 1.65 bits per heavy atom. The Hall–Kier alpha value is -0.870. The molecule has 0 aliphatic heterocycles. The zero-order chi connectivity index (χ0) is 13.3. The van der Waals surface area contributed by atoms with Gasteiger partial charge in [-0.15, -0.1) is 0 Å². The second-order valence-corrected chi connectivity index (χ2v) is 7.67. The van der Waals surface area contributed by atoms with Crippen molar-refractivity contribution in [2.45, 2.75) is 38.6 Å². The van der Waals surface area contributed by atoms with Crippen molar-refractivity contribution in [3.8, 4) is 0 Å². The van der Waals surface area contributed by atoms with Crippen LogP contribution in [0.25, 0.3) is 0 Å². The van der Waals surface area contributed by atoms with E-state index in [1.807, 2.05) is 27.7 Å². The van der Waals surface area contributed by atoms with Gasteiger partial charge in [0.1, 0.15) is 0 Å². The Morgan fingerprint density at radius 1 is 1.18 bits per heavy atom. The minimum absolute atomic E-state index is 0.0747. The molecule has 0 bridgehead atoms. The summed E-state index contributed by atoms with van der Waals surface area (Å²) in [6, 6.07) is 6.76. The highest BCUT2D eigenvalue weighted by molar-refractivity contribution is 7.91. The molecule has 0 amide bonds. The van der Waals surface area contributed by atoms with Gasteiger partial charge in [-0.05, 0) is 30.0 Å². The smallest absolute Gasteiger partial charge is 0.178 e. The van der Waals surface area contributed by atoms with Gasteiger partial charge in [0.2, 0.25) is 0 Å². The lowest BCUT2D eigenvalue weighted by atomic mass is 10.0. The van der Waals surface area contributed by atoms with Crippen LogP contribution in [0, 0.1) is 5.41 Å². The number of nitrogens with two attached hydrogens (primary N) is 1. The second-order valence-electron chi connectivity index (χ2n) is 5.68. The fourth-order valence-electron chi connectivity index (χ4n) is 1.63. The first-order valence-electron chi connectivity index (χ1n) is 5.70. The Balaban J connectivity index is 3.01. The quantitative estimate of drug-likeness (QED) is 0.902. The van der Waals surface area contributed by atoms with Crippen LogP contribution in [0.3, 0.4) is 0 Å². The van der Waals surface area contributed by atoms with E-state index in [-0.39, 0.29) is 17.2 Å². The van der Waals surface area contributed by atoms with Crippen molar-refractivity contribution in [3.05, 3.63) is 29.8 Å². The van der Waals surface area contributed by atoms with Crippen molar-refractivity contribution in [1.29, 1.82) is 0 Å². The Morgan fingerprint density at radius 3 is 2.00 bits per heavy atom. The Kier molecular flexibility index (Phi) is 3.99. The third kappa shape index (κ3) is 4.13. The molecular formula is C13H21NO2S. The lowest BCUT2D eigenvalue weighted by molar-refractivity contribution is 0.461. The van der Waals surface area contributed by atoms with Gasteiger partial charge in [-0.25, -0.2) is 8.42 Å². The van der Waals surface area contributed by atoms with E-state index in [0.717, 1.165) is 5.56 Å². The molecule has 0 saturated heterocycles. The third-order valence-corrected chi connectivity index (χ3v) is 4.62. The number of rotatable bonds is 3. The number of hydrogen-bond acceptors (Lipinski definition) is 3. The van der Waals surface area contributed by atoms with Gasteiger partial charge in [-0.3, -0.25) is 0 Å². The summed E-state index contributed by atoms with van der Waals surface area (Å²) in [5.41, 5.74) is 6.43. The molecule has 2 N–H and O–H groups in total. The fraction of sp³-hybridized carbons (Fsp3) is 0.538. The predicted molar refractivity (Wildman–Crippen MR) is 70.6 cm³/mol. The molecule has 0 radical (unpaired) electrons. The molecule has 1 rings (SSSR count). The van der Waals surface area contributed by atoms with Crippen LogP contribution in [-0.2, 0) is 9.84 Å². The summed E-state index contributed by atoms with van der Waals surface area (Å²) in [7, 11) is -3.20. The van der Waals surface area contributed by atoms with Crippen molar-refractivity contribution >= 4 is 9.84 Å². The first-order chi connectivity index (χ1) is 7.62. The SMILES string of the molecule is C[C@@H](N)c1ccc(S(=O)(=O)CC(C)(C)C)cc1. The van der Waals surface area contributed by atoms with Gasteiger partial charge in [-0.2, -0.15) is 0 Å². The lowest BCUT2D eigenvalue weighted by Gasteiger charge is -2.18. The predicted octanol–water partition coefficient (Wildman–Crippen LogP) is 2.53. The van der Waals surface area contributed by atoms with Crippen LogP contribution in [0.1, 0.15) is 39.3 Å². The van der Waals surface area contributed by atoms with Crippen LogP contribution in [0.2, 0.25) is 0 Å². The molecule has 4 heteroatoms. The molecule has 0 aromatic heterocycles. The zero-order valence-corrected chi connectivity index (χ0v) is 11.7.